The van der Waals surface area contributed by atoms with Crippen LogP contribution >= 0.6 is 0 Å². The summed E-state index contributed by atoms with van der Waals surface area (Å²) in [6.45, 7) is 1.15. The fourth-order valence-corrected chi connectivity index (χ4v) is 2.93. The predicted octanol–water partition coefficient (Wildman–Crippen LogP) is 3.70. The molecule has 142 valence electrons. The minimum Gasteiger partial charge on any atom is -0.489 e. The molecule has 2 heterocycles. The fraction of sp³-hybridized carbons (Fsp3) is 0.182. The van der Waals surface area contributed by atoms with Gasteiger partial charge in [-0.1, -0.05) is 30.3 Å². The Balaban J connectivity index is 1.40. The average molecular weight is 375 g/mol. The number of aliphatic hydroxyl groups excluding tert-OH is 1. The Kier molecular flexibility index (Phi) is 5.49. The van der Waals surface area contributed by atoms with Gasteiger partial charge in [0.2, 0.25) is 5.89 Å². The van der Waals surface area contributed by atoms with E-state index in [0.717, 1.165) is 28.4 Å². The smallest absolute Gasteiger partial charge is 0.226 e. The van der Waals surface area contributed by atoms with Gasteiger partial charge in [0.15, 0.2) is 0 Å². The topological polar surface area (TPSA) is 73.3 Å². The molecule has 0 atom stereocenters. The molecule has 6 heteroatoms. The summed E-state index contributed by atoms with van der Waals surface area (Å²) in [7, 11) is 0. The molecule has 4 aromatic rings. The largest absolute Gasteiger partial charge is 0.489 e. The third-order valence-corrected chi connectivity index (χ3v) is 4.37. The first kappa shape index (κ1) is 18.0. The first-order valence-corrected chi connectivity index (χ1v) is 9.14. The number of hydrogen-bond donors (Lipinski definition) is 1. The van der Waals surface area contributed by atoms with Crippen LogP contribution in [0.15, 0.2) is 77.7 Å². The number of rotatable bonds is 8. The zero-order chi connectivity index (χ0) is 19.2. The van der Waals surface area contributed by atoms with Crippen LogP contribution in [0.25, 0.3) is 11.5 Å². The van der Waals surface area contributed by atoms with Crippen LogP contribution in [0, 0.1) is 0 Å². The molecule has 1 N–H and O–H groups in total. The molecule has 0 unspecified atom stereocenters. The highest BCUT2D eigenvalue weighted by molar-refractivity contribution is 5.54. The lowest BCUT2D eigenvalue weighted by Crippen LogP contribution is -2.06. The zero-order valence-electron chi connectivity index (χ0n) is 15.4. The molecular weight excluding hydrogens is 354 g/mol. The molecule has 2 aromatic heterocycles. The molecule has 2 aromatic carbocycles. The Bertz CT molecular complexity index is 1010. The molecule has 4 rings (SSSR count). The lowest BCUT2D eigenvalue weighted by molar-refractivity contribution is 0.295. The lowest BCUT2D eigenvalue weighted by Gasteiger charge is -2.06. The SMILES string of the molecule is OCCc1nccn1Cc1coc(-c2ccc(OCc3ccccc3)cc2)n1. The second-order valence-electron chi connectivity index (χ2n) is 6.39. The van der Waals surface area contributed by atoms with Gasteiger partial charge in [-0.05, 0) is 29.8 Å². The number of aliphatic hydroxyl groups is 1. The Morgan fingerprint density at radius 2 is 1.86 bits per heavy atom. The molecule has 6 nitrogen and oxygen atoms in total. The highest BCUT2D eigenvalue weighted by Gasteiger charge is 2.10. The molecule has 28 heavy (non-hydrogen) atoms. The maximum atomic E-state index is 9.11. The summed E-state index contributed by atoms with van der Waals surface area (Å²) in [6, 6.07) is 17.8. The van der Waals surface area contributed by atoms with Crippen LogP contribution in [0.5, 0.6) is 5.75 Å². The Hall–Kier alpha value is -3.38. The van der Waals surface area contributed by atoms with Crippen LogP contribution in [0.3, 0.4) is 0 Å². The Labute approximate surface area is 163 Å². The van der Waals surface area contributed by atoms with E-state index in [9.17, 15) is 0 Å². The van der Waals surface area contributed by atoms with E-state index in [1.165, 1.54) is 0 Å². The van der Waals surface area contributed by atoms with Crippen molar-refractivity contribution < 1.29 is 14.3 Å². The van der Waals surface area contributed by atoms with Gasteiger partial charge in [0.05, 0.1) is 18.8 Å². The molecule has 0 aliphatic carbocycles. The van der Waals surface area contributed by atoms with Crippen LogP contribution < -0.4 is 4.74 Å². The third kappa shape index (κ3) is 4.29. The van der Waals surface area contributed by atoms with Crippen molar-refractivity contribution >= 4 is 0 Å². The van der Waals surface area contributed by atoms with Crippen molar-refractivity contribution in [2.24, 2.45) is 0 Å². The van der Waals surface area contributed by atoms with Crippen molar-refractivity contribution in [1.29, 1.82) is 0 Å². The third-order valence-electron chi connectivity index (χ3n) is 4.37. The van der Waals surface area contributed by atoms with Crippen molar-refractivity contribution in [2.45, 2.75) is 19.6 Å². The number of imidazole rings is 1. The van der Waals surface area contributed by atoms with Gasteiger partial charge in [-0.25, -0.2) is 9.97 Å². The fourth-order valence-electron chi connectivity index (χ4n) is 2.93. The summed E-state index contributed by atoms with van der Waals surface area (Å²) in [5.74, 6) is 2.19. The van der Waals surface area contributed by atoms with Gasteiger partial charge in [-0.15, -0.1) is 0 Å². The van der Waals surface area contributed by atoms with E-state index in [0.29, 0.717) is 25.5 Å². The molecule has 0 saturated carbocycles. The zero-order valence-corrected chi connectivity index (χ0v) is 15.4. The molecule has 0 amide bonds. The number of nitrogens with zero attached hydrogens (tertiary/aromatic N) is 3. The number of aromatic nitrogens is 3. The molecule has 0 bridgehead atoms. The van der Waals surface area contributed by atoms with Crippen LogP contribution in [-0.2, 0) is 19.6 Å². The molecule has 0 aliphatic rings. The average Bonchev–Trinajstić information content (AvgIpc) is 3.38. The maximum Gasteiger partial charge on any atom is 0.226 e. The summed E-state index contributed by atoms with van der Waals surface area (Å²) < 4.78 is 13.4. The van der Waals surface area contributed by atoms with Crippen molar-refractivity contribution in [2.75, 3.05) is 6.61 Å². The monoisotopic (exact) mass is 375 g/mol. The summed E-state index contributed by atoms with van der Waals surface area (Å²) in [5, 5.41) is 9.11. The standard InChI is InChI=1S/C22H21N3O3/c26-13-10-21-23-11-12-25(21)14-19-16-28-22(24-19)18-6-8-20(9-7-18)27-15-17-4-2-1-3-5-17/h1-9,11-12,16,26H,10,13-15H2. The summed E-state index contributed by atoms with van der Waals surface area (Å²) in [5.41, 5.74) is 2.82. The van der Waals surface area contributed by atoms with Crippen molar-refractivity contribution in [3.05, 3.63) is 90.3 Å². The van der Waals surface area contributed by atoms with Crippen molar-refractivity contribution in [3.8, 4) is 17.2 Å². The van der Waals surface area contributed by atoms with E-state index in [-0.39, 0.29) is 6.61 Å². The van der Waals surface area contributed by atoms with E-state index >= 15 is 0 Å². The van der Waals surface area contributed by atoms with E-state index in [1.54, 1.807) is 12.5 Å². The normalized spacial score (nSPS) is 10.9. The second-order valence-corrected chi connectivity index (χ2v) is 6.39. The lowest BCUT2D eigenvalue weighted by atomic mass is 10.2. The van der Waals surface area contributed by atoms with Gasteiger partial charge in [0.25, 0.3) is 0 Å². The highest BCUT2D eigenvalue weighted by atomic mass is 16.5. The van der Waals surface area contributed by atoms with Gasteiger partial charge in [-0.3, -0.25) is 0 Å². The maximum absolute atomic E-state index is 9.11. The van der Waals surface area contributed by atoms with Crippen LogP contribution in [0.4, 0.5) is 0 Å². The van der Waals surface area contributed by atoms with E-state index in [4.69, 9.17) is 14.3 Å². The summed E-state index contributed by atoms with van der Waals surface area (Å²) in [6.07, 6.45) is 5.76. The number of ether oxygens (including phenoxy) is 1. The second kappa shape index (κ2) is 8.54. The van der Waals surface area contributed by atoms with Crippen LogP contribution in [0.2, 0.25) is 0 Å². The van der Waals surface area contributed by atoms with Crippen molar-refractivity contribution in [3.63, 3.8) is 0 Å². The van der Waals surface area contributed by atoms with Crippen molar-refractivity contribution in [1.82, 2.24) is 14.5 Å². The minimum absolute atomic E-state index is 0.0692. The van der Waals surface area contributed by atoms with Gasteiger partial charge in [0.1, 0.15) is 24.4 Å². The molecule has 0 aliphatic heterocycles. The van der Waals surface area contributed by atoms with Crippen LogP contribution in [0.1, 0.15) is 17.1 Å². The van der Waals surface area contributed by atoms with Gasteiger partial charge < -0.3 is 18.8 Å². The minimum atomic E-state index is 0.0692. The molecule has 0 saturated heterocycles. The van der Waals surface area contributed by atoms with E-state index in [2.05, 4.69) is 9.97 Å². The number of benzene rings is 2. The van der Waals surface area contributed by atoms with E-state index < -0.39 is 0 Å². The highest BCUT2D eigenvalue weighted by Crippen LogP contribution is 2.23. The quantitative estimate of drug-likeness (QED) is 0.508. The Morgan fingerprint density at radius 3 is 2.64 bits per heavy atom. The number of hydrogen-bond acceptors (Lipinski definition) is 5. The summed E-state index contributed by atoms with van der Waals surface area (Å²) >= 11 is 0. The number of oxazole rings is 1. The Morgan fingerprint density at radius 1 is 1.04 bits per heavy atom. The molecule has 0 spiro atoms. The first-order valence-electron chi connectivity index (χ1n) is 9.14. The molecule has 0 fully saturated rings. The van der Waals surface area contributed by atoms with Gasteiger partial charge in [0, 0.05) is 24.4 Å². The van der Waals surface area contributed by atoms with Crippen LogP contribution in [-0.4, -0.2) is 26.2 Å². The first-order chi connectivity index (χ1) is 13.8. The van der Waals surface area contributed by atoms with E-state index in [1.807, 2.05) is 65.4 Å². The molecule has 0 radical (unpaired) electrons. The predicted molar refractivity (Wildman–Crippen MR) is 105 cm³/mol. The molecular formula is C22H21N3O3. The summed E-state index contributed by atoms with van der Waals surface area (Å²) in [4.78, 5) is 8.81. The van der Waals surface area contributed by atoms with Gasteiger partial charge in [-0.2, -0.15) is 0 Å². The van der Waals surface area contributed by atoms with Gasteiger partial charge >= 0.3 is 0 Å².